The topological polar surface area (TPSA) is 83.5 Å². The van der Waals surface area contributed by atoms with E-state index in [-0.39, 0.29) is 9.77 Å². The van der Waals surface area contributed by atoms with Crippen molar-refractivity contribution in [3.05, 3.63) is 65.0 Å². The minimum Gasteiger partial charge on any atom is -0.477 e. The maximum Gasteiger partial charge on any atom is 0.345 e. The molecule has 0 saturated heterocycles. The summed E-state index contributed by atoms with van der Waals surface area (Å²) in [6.07, 6.45) is 0.602. The van der Waals surface area contributed by atoms with Crippen LogP contribution in [-0.4, -0.2) is 26.0 Å². The molecule has 124 valence electrons. The van der Waals surface area contributed by atoms with E-state index in [0.717, 1.165) is 22.3 Å². The van der Waals surface area contributed by atoms with Crippen LogP contribution in [0.2, 0.25) is 0 Å². The van der Waals surface area contributed by atoms with Gasteiger partial charge in [-0.1, -0.05) is 36.4 Å². The zero-order valence-electron chi connectivity index (χ0n) is 12.6. The summed E-state index contributed by atoms with van der Waals surface area (Å²) in [6.45, 7) is 0.301. The Kier molecular flexibility index (Phi) is 4.66. The molecule has 0 aliphatic heterocycles. The molecule has 0 saturated carbocycles. The number of hydrogen-bond donors (Lipinski definition) is 2. The van der Waals surface area contributed by atoms with Crippen molar-refractivity contribution in [1.29, 1.82) is 0 Å². The standard InChI is InChI=1S/C17H15NO4S2/c19-17(20)16-10-13-6-7-14(11-15(13)23-16)24(21,22)18-9-8-12-4-2-1-3-5-12/h1-7,10-11,18H,8-9H2,(H,19,20). The Balaban J connectivity index is 1.76. The first kappa shape index (κ1) is 16.6. The second-order valence-corrected chi connectivity index (χ2v) is 8.10. The van der Waals surface area contributed by atoms with Crippen molar-refractivity contribution >= 4 is 37.4 Å². The molecular formula is C17H15NO4S2. The largest absolute Gasteiger partial charge is 0.477 e. The molecule has 1 aromatic heterocycles. The molecule has 0 fully saturated rings. The molecule has 0 spiro atoms. The van der Waals surface area contributed by atoms with E-state index in [1.807, 2.05) is 30.3 Å². The van der Waals surface area contributed by atoms with Gasteiger partial charge in [-0.25, -0.2) is 17.9 Å². The van der Waals surface area contributed by atoms with Gasteiger partial charge >= 0.3 is 5.97 Å². The zero-order chi connectivity index (χ0) is 17.2. The highest BCUT2D eigenvalue weighted by Crippen LogP contribution is 2.28. The lowest BCUT2D eigenvalue weighted by Gasteiger charge is -2.07. The number of aromatic carboxylic acids is 1. The fraction of sp³-hybridized carbons (Fsp3) is 0.118. The number of nitrogens with one attached hydrogen (secondary N) is 1. The van der Waals surface area contributed by atoms with Gasteiger partial charge in [-0.2, -0.15) is 0 Å². The summed E-state index contributed by atoms with van der Waals surface area (Å²) in [5.41, 5.74) is 1.06. The molecule has 0 radical (unpaired) electrons. The molecule has 3 rings (SSSR count). The molecule has 0 aliphatic carbocycles. The van der Waals surface area contributed by atoms with Gasteiger partial charge in [0.05, 0.1) is 4.90 Å². The molecule has 0 unspecified atom stereocenters. The highest BCUT2D eigenvalue weighted by atomic mass is 32.2. The quantitative estimate of drug-likeness (QED) is 0.707. The van der Waals surface area contributed by atoms with Crippen LogP contribution < -0.4 is 4.72 Å². The van der Waals surface area contributed by atoms with Crippen molar-refractivity contribution in [3.63, 3.8) is 0 Å². The predicted octanol–water partition coefficient (Wildman–Crippen LogP) is 3.12. The first-order chi connectivity index (χ1) is 11.5. The third-order valence-corrected chi connectivity index (χ3v) is 6.11. The average molecular weight is 361 g/mol. The third kappa shape index (κ3) is 3.64. The smallest absolute Gasteiger partial charge is 0.345 e. The van der Waals surface area contributed by atoms with Crippen LogP contribution in [-0.2, 0) is 16.4 Å². The van der Waals surface area contributed by atoms with Gasteiger partial charge in [0.25, 0.3) is 0 Å². The van der Waals surface area contributed by atoms with E-state index in [9.17, 15) is 13.2 Å². The Morgan fingerprint density at radius 2 is 1.83 bits per heavy atom. The number of carbonyl (C=O) groups is 1. The van der Waals surface area contributed by atoms with Crippen molar-refractivity contribution in [2.45, 2.75) is 11.3 Å². The van der Waals surface area contributed by atoms with Gasteiger partial charge in [0, 0.05) is 11.2 Å². The number of benzene rings is 2. The second-order valence-electron chi connectivity index (χ2n) is 5.25. The van der Waals surface area contributed by atoms with Crippen molar-refractivity contribution in [1.82, 2.24) is 4.72 Å². The molecule has 0 aliphatic rings. The molecule has 1 heterocycles. The first-order valence-corrected chi connectivity index (χ1v) is 9.56. The first-order valence-electron chi connectivity index (χ1n) is 7.26. The summed E-state index contributed by atoms with van der Waals surface area (Å²) in [4.78, 5) is 11.3. The van der Waals surface area contributed by atoms with Crippen LogP contribution in [0.4, 0.5) is 0 Å². The van der Waals surface area contributed by atoms with Crippen molar-refractivity contribution in [2.24, 2.45) is 0 Å². The van der Waals surface area contributed by atoms with E-state index in [1.54, 1.807) is 12.1 Å². The molecule has 24 heavy (non-hydrogen) atoms. The molecule has 5 nitrogen and oxygen atoms in total. The van der Waals surface area contributed by atoms with Crippen LogP contribution in [0.3, 0.4) is 0 Å². The summed E-state index contributed by atoms with van der Waals surface area (Å²) in [7, 11) is -3.62. The summed E-state index contributed by atoms with van der Waals surface area (Å²) >= 11 is 1.06. The van der Waals surface area contributed by atoms with Crippen LogP contribution in [0.15, 0.2) is 59.5 Å². The minimum atomic E-state index is -3.62. The van der Waals surface area contributed by atoms with Gasteiger partial charge in [0.1, 0.15) is 4.88 Å². The third-order valence-electron chi connectivity index (χ3n) is 3.56. The Morgan fingerprint density at radius 3 is 2.54 bits per heavy atom. The highest BCUT2D eigenvalue weighted by molar-refractivity contribution is 7.89. The summed E-state index contributed by atoms with van der Waals surface area (Å²) in [5.74, 6) is -1.01. The van der Waals surface area contributed by atoms with E-state index in [4.69, 9.17) is 5.11 Å². The number of carboxylic acid groups (broad SMARTS) is 1. The summed E-state index contributed by atoms with van der Waals surface area (Å²) in [5, 5.41) is 9.74. The second kappa shape index (κ2) is 6.72. The molecule has 2 N–H and O–H groups in total. The Labute approximate surface area is 143 Å². The van der Waals surface area contributed by atoms with Crippen molar-refractivity contribution in [3.8, 4) is 0 Å². The lowest BCUT2D eigenvalue weighted by Crippen LogP contribution is -2.25. The number of sulfonamides is 1. The minimum absolute atomic E-state index is 0.141. The normalized spacial score (nSPS) is 11.7. The van der Waals surface area contributed by atoms with Gasteiger partial charge < -0.3 is 5.11 Å². The summed E-state index contributed by atoms with van der Waals surface area (Å²) < 4.78 is 28.0. The van der Waals surface area contributed by atoms with E-state index < -0.39 is 16.0 Å². The maximum atomic E-state index is 12.4. The fourth-order valence-electron chi connectivity index (χ4n) is 2.34. The molecule has 0 bridgehead atoms. The molecule has 2 aromatic carbocycles. The van der Waals surface area contributed by atoms with Crippen molar-refractivity contribution in [2.75, 3.05) is 6.54 Å². The van der Waals surface area contributed by atoms with E-state index in [0.29, 0.717) is 17.7 Å². The van der Waals surface area contributed by atoms with Gasteiger partial charge in [-0.3, -0.25) is 0 Å². The van der Waals surface area contributed by atoms with Crippen LogP contribution in [0.5, 0.6) is 0 Å². The van der Waals surface area contributed by atoms with Crippen LogP contribution in [0.1, 0.15) is 15.2 Å². The number of hydrogen-bond acceptors (Lipinski definition) is 4. The molecule has 0 amide bonds. The number of carboxylic acids is 1. The van der Waals surface area contributed by atoms with E-state index >= 15 is 0 Å². The van der Waals surface area contributed by atoms with E-state index in [1.165, 1.54) is 12.1 Å². The number of thiophene rings is 1. The van der Waals surface area contributed by atoms with Crippen molar-refractivity contribution < 1.29 is 18.3 Å². The lowest BCUT2D eigenvalue weighted by atomic mass is 10.2. The van der Waals surface area contributed by atoms with Gasteiger partial charge in [-0.05, 0) is 35.6 Å². The van der Waals surface area contributed by atoms with Gasteiger partial charge in [-0.15, -0.1) is 11.3 Å². The molecule has 3 aromatic rings. The molecule has 7 heteroatoms. The van der Waals surface area contributed by atoms with Crippen LogP contribution >= 0.6 is 11.3 Å². The Hall–Kier alpha value is -2.22. The zero-order valence-corrected chi connectivity index (χ0v) is 14.2. The van der Waals surface area contributed by atoms with E-state index in [2.05, 4.69) is 4.72 Å². The molecular weight excluding hydrogens is 346 g/mol. The lowest BCUT2D eigenvalue weighted by molar-refractivity contribution is 0.0702. The van der Waals surface area contributed by atoms with Gasteiger partial charge in [0.15, 0.2) is 0 Å². The summed E-state index contributed by atoms with van der Waals surface area (Å²) in [6, 6.07) is 15.8. The highest BCUT2D eigenvalue weighted by Gasteiger charge is 2.16. The monoisotopic (exact) mass is 361 g/mol. The average Bonchev–Trinajstić information content (AvgIpc) is 2.99. The van der Waals surface area contributed by atoms with Crippen LogP contribution in [0.25, 0.3) is 10.1 Å². The Morgan fingerprint density at radius 1 is 1.08 bits per heavy atom. The van der Waals surface area contributed by atoms with Crippen LogP contribution in [0, 0.1) is 0 Å². The number of rotatable bonds is 6. The fourth-order valence-corrected chi connectivity index (χ4v) is 4.41. The SMILES string of the molecule is O=C(O)c1cc2ccc(S(=O)(=O)NCCc3ccccc3)cc2s1. The maximum absolute atomic E-state index is 12.4. The predicted molar refractivity (Wildman–Crippen MR) is 94.1 cm³/mol. The Bertz CT molecular complexity index is 978. The molecule has 0 atom stereocenters. The van der Waals surface area contributed by atoms with Gasteiger partial charge in [0.2, 0.25) is 10.0 Å². The number of fused-ring (bicyclic) bond motifs is 1.